The molecule has 86 valence electrons. The van der Waals surface area contributed by atoms with E-state index in [0.717, 1.165) is 37.2 Å². The molecular weight excluding hydrogens is 202 g/mol. The van der Waals surface area contributed by atoms with E-state index >= 15 is 0 Å². The predicted octanol–water partition coefficient (Wildman–Crippen LogP) is 2.32. The Kier molecular flexibility index (Phi) is 3.44. The zero-order valence-electron chi connectivity index (χ0n) is 9.61. The van der Waals surface area contributed by atoms with Gasteiger partial charge < -0.3 is 9.64 Å². The molecule has 2 rings (SSSR count). The molecule has 0 atom stereocenters. The maximum atomic E-state index is 12.1. The van der Waals surface area contributed by atoms with Crippen molar-refractivity contribution in [1.82, 2.24) is 4.90 Å². The molecule has 1 fully saturated rings. The van der Waals surface area contributed by atoms with Gasteiger partial charge in [-0.15, -0.1) is 0 Å². The van der Waals surface area contributed by atoms with E-state index in [2.05, 4.69) is 0 Å². The molecule has 0 spiro atoms. The van der Waals surface area contributed by atoms with E-state index in [-0.39, 0.29) is 5.91 Å². The van der Waals surface area contributed by atoms with E-state index in [1.54, 1.807) is 7.11 Å². The molecule has 1 amide bonds. The minimum absolute atomic E-state index is 0.141. The summed E-state index contributed by atoms with van der Waals surface area (Å²) < 4.78 is 5.07. The number of amides is 1. The largest absolute Gasteiger partial charge is 0.497 e. The van der Waals surface area contributed by atoms with Gasteiger partial charge in [-0.25, -0.2) is 0 Å². The van der Waals surface area contributed by atoms with Crippen LogP contribution in [0.3, 0.4) is 0 Å². The minimum Gasteiger partial charge on any atom is -0.497 e. The molecule has 0 N–H and O–H groups in total. The number of carbonyl (C=O) groups excluding carboxylic acids is 1. The summed E-state index contributed by atoms with van der Waals surface area (Å²) in [6.07, 6.45) is 3.50. The number of rotatable bonds is 2. The number of benzene rings is 1. The van der Waals surface area contributed by atoms with Gasteiger partial charge in [-0.3, -0.25) is 4.79 Å². The molecule has 0 aliphatic carbocycles. The molecule has 0 radical (unpaired) electrons. The predicted molar refractivity (Wildman–Crippen MR) is 62.7 cm³/mol. The van der Waals surface area contributed by atoms with Gasteiger partial charge in [0.2, 0.25) is 0 Å². The Morgan fingerprint density at radius 3 is 2.31 bits per heavy atom. The lowest BCUT2D eigenvalue weighted by Gasteiger charge is -2.26. The SMILES string of the molecule is COc1ccc(C(=O)N2CCCCC2)cc1. The van der Waals surface area contributed by atoms with Crippen molar-refractivity contribution >= 4 is 5.91 Å². The molecular formula is C13H17NO2. The molecule has 0 bridgehead atoms. The first kappa shape index (κ1) is 11.0. The fraction of sp³-hybridized carbons (Fsp3) is 0.462. The lowest BCUT2D eigenvalue weighted by molar-refractivity contribution is 0.0724. The molecule has 0 aromatic heterocycles. The molecule has 1 heterocycles. The maximum absolute atomic E-state index is 12.1. The van der Waals surface area contributed by atoms with Crippen LogP contribution in [0.1, 0.15) is 29.6 Å². The van der Waals surface area contributed by atoms with E-state index < -0.39 is 0 Å². The van der Waals surface area contributed by atoms with E-state index in [9.17, 15) is 4.79 Å². The quantitative estimate of drug-likeness (QED) is 0.764. The summed E-state index contributed by atoms with van der Waals surface area (Å²) in [6, 6.07) is 7.32. The Bertz CT molecular complexity index is 353. The molecule has 1 aromatic carbocycles. The number of hydrogen-bond acceptors (Lipinski definition) is 2. The van der Waals surface area contributed by atoms with Gasteiger partial charge in [-0.05, 0) is 43.5 Å². The molecule has 16 heavy (non-hydrogen) atoms. The zero-order valence-corrected chi connectivity index (χ0v) is 9.61. The van der Waals surface area contributed by atoms with Crippen LogP contribution in [0.4, 0.5) is 0 Å². The Labute approximate surface area is 96.0 Å². The Morgan fingerprint density at radius 1 is 1.12 bits per heavy atom. The molecule has 1 aliphatic heterocycles. The number of hydrogen-bond donors (Lipinski definition) is 0. The van der Waals surface area contributed by atoms with E-state index in [4.69, 9.17) is 4.74 Å². The summed E-state index contributed by atoms with van der Waals surface area (Å²) in [5.41, 5.74) is 0.753. The molecule has 1 saturated heterocycles. The van der Waals surface area contributed by atoms with Crippen molar-refractivity contribution in [2.24, 2.45) is 0 Å². The second kappa shape index (κ2) is 5.01. The molecule has 3 heteroatoms. The van der Waals surface area contributed by atoms with Crippen molar-refractivity contribution < 1.29 is 9.53 Å². The summed E-state index contributed by atoms with van der Waals surface area (Å²) in [6.45, 7) is 1.79. The van der Waals surface area contributed by atoms with Gasteiger partial charge in [0.25, 0.3) is 5.91 Å². The lowest BCUT2D eigenvalue weighted by Crippen LogP contribution is -2.35. The first-order valence-corrected chi connectivity index (χ1v) is 5.74. The van der Waals surface area contributed by atoms with Gasteiger partial charge in [-0.2, -0.15) is 0 Å². The number of likely N-dealkylation sites (tertiary alicyclic amines) is 1. The third kappa shape index (κ3) is 2.35. The standard InChI is InChI=1S/C13H17NO2/c1-16-12-7-5-11(6-8-12)13(15)14-9-3-2-4-10-14/h5-8H,2-4,9-10H2,1H3. The number of piperidine rings is 1. The first-order valence-electron chi connectivity index (χ1n) is 5.74. The van der Waals surface area contributed by atoms with Crippen LogP contribution in [0.2, 0.25) is 0 Å². The van der Waals surface area contributed by atoms with Crippen LogP contribution in [0.5, 0.6) is 5.75 Å². The normalized spacial score (nSPS) is 15.9. The van der Waals surface area contributed by atoms with Crippen LogP contribution < -0.4 is 4.74 Å². The Balaban J connectivity index is 2.07. The monoisotopic (exact) mass is 219 g/mol. The van der Waals surface area contributed by atoms with E-state index in [1.165, 1.54) is 6.42 Å². The van der Waals surface area contributed by atoms with Crippen molar-refractivity contribution in [1.29, 1.82) is 0 Å². The minimum atomic E-state index is 0.141. The van der Waals surface area contributed by atoms with Gasteiger partial charge in [-0.1, -0.05) is 0 Å². The second-order valence-electron chi connectivity index (χ2n) is 4.08. The smallest absolute Gasteiger partial charge is 0.253 e. The van der Waals surface area contributed by atoms with Gasteiger partial charge in [0.15, 0.2) is 0 Å². The van der Waals surface area contributed by atoms with Crippen LogP contribution >= 0.6 is 0 Å². The van der Waals surface area contributed by atoms with Crippen molar-refractivity contribution in [2.75, 3.05) is 20.2 Å². The molecule has 0 saturated carbocycles. The van der Waals surface area contributed by atoms with Gasteiger partial charge in [0.1, 0.15) is 5.75 Å². The van der Waals surface area contributed by atoms with Crippen molar-refractivity contribution in [3.8, 4) is 5.75 Å². The zero-order chi connectivity index (χ0) is 11.4. The first-order chi connectivity index (χ1) is 7.81. The Morgan fingerprint density at radius 2 is 1.75 bits per heavy atom. The fourth-order valence-corrected chi connectivity index (χ4v) is 2.01. The Hall–Kier alpha value is -1.51. The van der Waals surface area contributed by atoms with Crippen molar-refractivity contribution in [2.45, 2.75) is 19.3 Å². The number of carbonyl (C=O) groups is 1. The highest BCUT2D eigenvalue weighted by Gasteiger charge is 2.17. The van der Waals surface area contributed by atoms with Gasteiger partial charge in [0.05, 0.1) is 7.11 Å². The molecule has 1 aromatic rings. The number of ether oxygens (including phenoxy) is 1. The van der Waals surface area contributed by atoms with Gasteiger partial charge >= 0.3 is 0 Å². The summed E-state index contributed by atoms with van der Waals surface area (Å²) in [7, 11) is 1.63. The highest BCUT2D eigenvalue weighted by Crippen LogP contribution is 2.16. The van der Waals surface area contributed by atoms with E-state index in [0.29, 0.717) is 0 Å². The summed E-state index contributed by atoms with van der Waals surface area (Å²) in [4.78, 5) is 14.0. The third-order valence-electron chi connectivity index (χ3n) is 2.98. The second-order valence-corrected chi connectivity index (χ2v) is 4.08. The fourth-order valence-electron chi connectivity index (χ4n) is 2.01. The van der Waals surface area contributed by atoms with Gasteiger partial charge in [0, 0.05) is 18.7 Å². The lowest BCUT2D eigenvalue weighted by atomic mass is 10.1. The average molecular weight is 219 g/mol. The molecule has 3 nitrogen and oxygen atoms in total. The van der Waals surface area contributed by atoms with Crippen LogP contribution in [0, 0.1) is 0 Å². The van der Waals surface area contributed by atoms with Crippen molar-refractivity contribution in [3.63, 3.8) is 0 Å². The molecule has 0 unspecified atom stereocenters. The summed E-state index contributed by atoms with van der Waals surface area (Å²) in [5.74, 6) is 0.928. The average Bonchev–Trinajstić information content (AvgIpc) is 2.39. The topological polar surface area (TPSA) is 29.5 Å². The highest BCUT2D eigenvalue weighted by atomic mass is 16.5. The van der Waals surface area contributed by atoms with Crippen molar-refractivity contribution in [3.05, 3.63) is 29.8 Å². The number of nitrogens with zero attached hydrogens (tertiary/aromatic N) is 1. The highest BCUT2D eigenvalue weighted by molar-refractivity contribution is 5.94. The van der Waals surface area contributed by atoms with Crippen LogP contribution in [-0.4, -0.2) is 31.0 Å². The van der Waals surface area contributed by atoms with Crippen LogP contribution in [0.25, 0.3) is 0 Å². The van der Waals surface area contributed by atoms with Crippen LogP contribution in [-0.2, 0) is 0 Å². The summed E-state index contributed by atoms with van der Waals surface area (Å²) in [5, 5.41) is 0. The third-order valence-corrected chi connectivity index (χ3v) is 2.98. The number of methoxy groups -OCH3 is 1. The maximum Gasteiger partial charge on any atom is 0.253 e. The summed E-state index contributed by atoms with van der Waals surface area (Å²) >= 11 is 0. The van der Waals surface area contributed by atoms with Crippen LogP contribution in [0.15, 0.2) is 24.3 Å². The van der Waals surface area contributed by atoms with E-state index in [1.807, 2.05) is 29.2 Å². The molecule has 1 aliphatic rings.